The summed E-state index contributed by atoms with van der Waals surface area (Å²) in [7, 11) is 0. The molecule has 4 heavy (non-hydrogen) atoms. The molecule has 0 amide bonds. The number of rotatable bonds is 0. The fraction of sp³-hybridized carbons (Fsp3) is 0. The molecule has 0 aliphatic carbocycles. The fourth-order valence-electron chi connectivity index (χ4n) is 0. The third-order valence-electron chi connectivity index (χ3n) is 0. The summed E-state index contributed by atoms with van der Waals surface area (Å²) in [6, 6.07) is 0. The maximum Gasteiger partial charge on any atom is -0.0149 e. The minimum atomic E-state index is 0. The molecule has 22 valence electrons. The molecule has 0 unspecified atom stereocenters. The van der Waals surface area contributed by atoms with E-state index in [4.69, 9.17) is 3.80 Å². The first-order valence-corrected chi connectivity index (χ1v) is 0.866. The molecule has 0 bridgehead atoms. The van der Waals surface area contributed by atoms with Crippen LogP contribution < -0.4 is 0 Å². The van der Waals surface area contributed by atoms with Crippen molar-refractivity contribution in [3.63, 3.8) is 0 Å². The van der Waals surface area contributed by atoms with Crippen LogP contribution in [-0.4, -0.2) is 50.2 Å². The number of hydrogen-bond donors (Lipinski definition) is 0. The number of hydrogen-bond acceptors (Lipinski definition) is 1. The van der Waals surface area contributed by atoms with E-state index in [2.05, 4.69) is 0 Å². The minimum Gasteiger partial charge on any atom is -0.0149 e. The van der Waals surface area contributed by atoms with Crippen LogP contribution in [0, 0.1) is 0 Å². The van der Waals surface area contributed by atoms with Gasteiger partial charge in [0, 0.05) is 0 Å². The van der Waals surface area contributed by atoms with Crippen LogP contribution in [-0.2, 0) is 3.80 Å². The van der Waals surface area contributed by atoms with E-state index in [1.165, 1.54) is 0 Å². The Morgan fingerprint density at radius 1 is 1.25 bits per heavy atom. The third-order valence-corrected chi connectivity index (χ3v) is 0. The Balaban J connectivity index is -0.00000000500. The van der Waals surface area contributed by atoms with Gasteiger partial charge in [0.2, 0.25) is 0 Å². The van der Waals surface area contributed by atoms with Crippen molar-refractivity contribution in [2.75, 3.05) is 0 Å². The molecule has 0 aromatic rings. The third kappa shape index (κ3) is 10.3. The molecule has 0 atom stereocenters. The van der Waals surface area contributed by atoms with Gasteiger partial charge >= 0.3 is 43.1 Å². The van der Waals surface area contributed by atoms with Gasteiger partial charge in [-0.2, -0.15) is 0 Å². The largest absolute Gasteiger partial charge is 0.0149 e. The van der Waals surface area contributed by atoms with E-state index in [0.29, 0.717) is 16.2 Å². The van der Waals surface area contributed by atoms with Crippen molar-refractivity contribution in [1.29, 1.82) is 0 Å². The van der Waals surface area contributed by atoms with Gasteiger partial charge in [-0.15, -0.1) is 0 Å². The second kappa shape index (κ2) is 27.4. The second-order valence-corrected chi connectivity index (χ2v) is 0. The topological polar surface area (TPSA) is 17.1 Å². The predicted octanol–water partition coefficient (Wildman–Crippen LogP) is -3.14. The van der Waals surface area contributed by atoms with E-state index in [1.807, 2.05) is 0 Å². The summed E-state index contributed by atoms with van der Waals surface area (Å²) < 4.78 is 8.28. The molecule has 4 heteroatoms. The van der Waals surface area contributed by atoms with Crippen LogP contribution in [0.5, 0.6) is 0 Å². The zero-order valence-corrected chi connectivity index (χ0v) is 2.53. The first-order valence-electron chi connectivity index (χ1n) is 0.289. The van der Waals surface area contributed by atoms with Crippen LogP contribution in [0.2, 0.25) is 0 Å². The molecule has 0 saturated heterocycles. The molecule has 0 heterocycles. The summed E-state index contributed by atoms with van der Waals surface area (Å²) in [5.41, 5.74) is 0. The Kier molecular flexibility index (Phi) is 127. The zero-order valence-electron chi connectivity index (χ0n) is 1.12. The first-order chi connectivity index (χ1) is 1.00. The van der Waals surface area contributed by atoms with Crippen LogP contribution in [0.25, 0.3) is 0 Å². The quantitative estimate of drug-likeness (QED) is 0.296. The summed E-state index contributed by atoms with van der Waals surface area (Å²) in [5.74, 6) is 0. The van der Waals surface area contributed by atoms with Crippen LogP contribution >= 0.6 is 0 Å². The summed E-state index contributed by atoms with van der Waals surface area (Å²) in [6.45, 7) is 0. The SMILES string of the molecule is [MgH2].[O]=[AlH].[SiH4]. The Hall–Kier alpha value is 1.32. The Morgan fingerprint density at radius 2 is 1.25 bits per heavy atom. The van der Waals surface area contributed by atoms with Crippen LogP contribution in [0.4, 0.5) is 0 Å². The van der Waals surface area contributed by atoms with Crippen LogP contribution in [0.1, 0.15) is 0 Å². The normalized spacial score (nSPS) is 0.750. The molecule has 0 radical (unpaired) electrons. The monoisotopic (exact) mass is 102 g/mol. The molecule has 0 rings (SSSR count). The molecule has 0 aliphatic rings. The molecule has 0 saturated carbocycles. The van der Waals surface area contributed by atoms with Gasteiger partial charge in [-0.1, -0.05) is 0 Å². The van der Waals surface area contributed by atoms with Crippen LogP contribution in [0.15, 0.2) is 0 Å². The summed E-state index contributed by atoms with van der Waals surface area (Å²) in [4.78, 5) is 0. The van der Waals surface area contributed by atoms with E-state index >= 15 is 0 Å². The molecule has 0 spiro atoms. The average molecular weight is 102 g/mol. The van der Waals surface area contributed by atoms with Crippen molar-refractivity contribution in [3.8, 4) is 0 Å². The van der Waals surface area contributed by atoms with E-state index < -0.39 is 0 Å². The van der Waals surface area contributed by atoms with Gasteiger partial charge in [0.25, 0.3) is 0 Å². The average Bonchev–Trinajstić information content (AvgIpc) is 1.00. The van der Waals surface area contributed by atoms with Crippen LogP contribution in [0.3, 0.4) is 0 Å². The molecular formula is H7AlMgOSi. The van der Waals surface area contributed by atoms with Gasteiger partial charge < -0.3 is 0 Å². The van der Waals surface area contributed by atoms with Crippen molar-refractivity contribution >= 4 is 50.2 Å². The van der Waals surface area contributed by atoms with Crippen molar-refractivity contribution < 1.29 is 3.80 Å². The second-order valence-electron chi connectivity index (χ2n) is 0. The smallest absolute Gasteiger partial charge is 0.0149 e. The standard InChI is InChI=1S/Al.Mg.O.H4Si.3H/h;;;1H4;;;. The van der Waals surface area contributed by atoms with Gasteiger partial charge in [-0.05, 0) is 11.0 Å². The molecular weight excluding hydrogens is 95.4 g/mol. The summed E-state index contributed by atoms with van der Waals surface area (Å²) in [5, 5.41) is 0. The van der Waals surface area contributed by atoms with Gasteiger partial charge in [0.15, 0.2) is 0 Å². The van der Waals surface area contributed by atoms with Crippen molar-refractivity contribution in [2.24, 2.45) is 0 Å². The molecule has 0 aliphatic heterocycles. The molecule has 0 fully saturated rings. The van der Waals surface area contributed by atoms with Gasteiger partial charge in [-0.25, -0.2) is 0 Å². The molecule has 0 N–H and O–H groups in total. The summed E-state index contributed by atoms with van der Waals surface area (Å²) in [6.07, 6.45) is 0. The maximum absolute atomic E-state index is 8.28. The Morgan fingerprint density at radius 3 is 1.25 bits per heavy atom. The molecule has 0 aromatic heterocycles. The molecule has 0 aromatic carbocycles. The van der Waals surface area contributed by atoms with Crippen molar-refractivity contribution in [1.82, 2.24) is 0 Å². The fourth-order valence-corrected chi connectivity index (χ4v) is 0. The Bertz CT molecular complexity index is 8.00. The van der Waals surface area contributed by atoms with Gasteiger partial charge in [-0.3, -0.25) is 0 Å². The van der Waals surface area contributed by atoms with Gasteiger partial charge in [0.1, 0.15) is 0 Å². The van der Waals surface area contributed by atoms with E-state index in [-0.39, 0.29) is 34.0 Å². The maximum atomic E-state index is 8.28. The minimum absolute atomic E-state index is 0. The van der Waals surface area contributed by atoms with Gasteiger partial charge in [0.05, 0.1) is 0 Å². The zero-order chi connectivity index (χ0) is 2.00. The Labute approximate surface area is 54.0 Å². The predicted molar refractivity (Wildman–Crippen MR) is 27.7 cm³/mol. The van der Waals surface area contributed by atoms with Crippen molar-refractivity contribution in [2.45, 2.75) is 0 Å². The van der Waals surface area contributed by atoms with E-state index in [9.17, 15) is 0 Å². The van der Waals surface area contributed by atoms with Crippen molar-refractivity contribution in [3.05, 3.63) is 0 Å². The van der Waals surface area contributed by atoms with E-state index in [1.54, 1.807) is 0 Å². The molecule has 1 nitrogen and oxygen atoms in total. The summed E-state index contributed by atoms with van der Waals surface area (Å²) >= 11 is 0.611. The van der Waals surface area contributed by atoms with E-state index in [0.717, 1.165) is 0 Å². The first kappa shape index (κ1) is 18.5.